The van der Waals surface area contributed by atoms with Gasteiger partial charge in [0, 0.05) is 11.3 Å². The lowest BCUT2D eigenvalue weighted by molar-refractivity contribution is 0.102. The average molecular weight is 386 g/mol. The number of ketones is 1. The van der Waals surface area contributed by atoms with Crippen molar-refractivity contribution in [1.82, 2.24) is 10.2 Å². The molecule has 0 bridgehead atoms. The summed E-state index contributed by atoms with van der Waals surface area (Å²) in [5, 5.41) is 12.2. The molecular weight excluding hydrogens is 366 g/mol. The van der Waals surface area contributed by atoms with Crippen LogP contribution in [0.4, 0.5) is 10.8 Å². The van der Waals surface area contributed by atoms with Crippen molar-refractivity contribution in [2.75, 3.05) is 18.2 Å². The van der Waals surface area contributed by atoms with Gasteiger partial charge >= 0.3 is 0 Å². The summed E-state index contributed by atoms with van der Waals surface area (Å²) in [6, 6.07) is 13.5. The Labute approximate surface area is 160 Å². The van der Waals surface area contributed by atoms with E-state index in [0.717, 1.165) is 32.5 Å². The molecule has 7 heteroatoms. The van der Waals surface area contributed by atoms with Gasteiger partial charge in [0.2, 0.25) is 5.13 Å². The molecule has 1 heterocycles. The number of benzene rings is 2. The molecule has 134 valence electrons. The van der Waals surface area contributed by atoms with Gasteiger partial charge in [0.1, 0.15) is 5.75 Å². The van der Waals surface area contributed by atoms with Gasteiger partial charge in [-0.2, -0.15) is 0 Å². The van der Waals surface area contributed by atoms with E-state index in [1.807, 2.05) is 56.3 Å². The number of carbonyl (C=O) groups excluding carboxylic acids is 1. The number of carbonyl (C=O) groups is 1. The monoisotopic (exact) mass is 385 g/mol. The molecule has 5 nitrogen and oxygen atoms in total. The van der Waals surface area contributed by atoms with E-state index in [0.29, 0.717) is 10.9 Å². The maximum absolute atomic E-state index is 12.4. The zero-order valence-electron chi connectivity index (χ0n) is 14.8. The van der Waals surface area contributed by atoms with E-state index in [1.54, 1.807) is 7.11 Å². The van der Waals surface area contributed by atoms with E-state index in [4.69, 9.17) is 4.74 Å². The van der Waals surface area contributed by atoms with Crippen LogP contribution in [-0.2, 0) is 0 Å². The van der Waals surface area contributed by atoms with Crippen molar-refractivity contribution in [2.45, 2.75) is 18.2 Å². The minimum absolute atomic E-state index is 0.104. The Morgan fingerprint density at radius 1 is 1.15 bits per heavy atom. The fourth-order valence-corrected chi connectivity index (χ4v) is 4.10. The third-order valence-electron chi connectivity index (χ3n) is 3.76. The first-order valence-corrected chi connectivity index (χ1v) is 9.83. The van der Waals surface area contributed by atoms with Crippen molar-refractivity contribution in [2.24, 2.45) is 0 Å². The molecule has 0 spiro atoms. The van der Waals surface area contributed by atoms with Crippen LogP contribution < -0.4 is 10.1 Å². The first-order chi connectivity index (χ1) is 12.5. The summed E-state index contributed by atoms with van der Waals surface area (Å²) in [5.41, 5.74) is 3.84. The van der Waals surface area contributed by atoms with Gasteiger partial charge in [0.15, 0.2) is 10.1 Å². The Balaban J connectivity index is 1.58. The number of aryl methyl sites for hydroxylation is 2. The minimum Gasteiger partial charge on any atom is -0.497 e. The third kappa shape index (κ3) is 4.62. The first kappa shape index (κ1) is 18.4. The summed E-state index contributed by atoms with van der Waals surface area (Å²) in [4.78, 5) is 12.4. The molecule has 0 saturated heterocycles. The van der Waals surface area contributed by atoms with Crippen molar-refractivity contribution in [3.8, 4) is 5.75 Å². The zero-order valence-corrected chi connectivity index (χ0v) is 16.4. The van der Waals surface area contributed by atoms with E-state index in [9.17, 15) is 4.79 Å². The van der Waals surface area contributed by atoms with Gasteiger partial charge in [-0.15, -0.1) is 10.2 Å². The third-order valence-corrected chi connectivity index (χ3v) is 5.73. The zero-order chi connectivity index (χ0) is 18.5. The summed E-state index contributed by atoms with van der Waals surface area (Å²) >= 11 is 2.84. The van der Waals surface area contributed by atoms with Crippen LogP contribution in [0.25, 0.3) is 0 Å². The van der Waals surface area contributed by atoms with E-state index >= 15 is 0 Å². The predicted octanol–water partition coefficient (Wildman–Crippen LogP) is 4.88. The molecule has 0 aliphatic rings. The Kier molecular flexibility index (Phi) is 5.90. The number of nitrogens with one attached hydrogen (secondary N) is 1. The minimum atomic E-state index is 0.104. The normalized spacial score (nSPS) is 10.6. The lowest BCUT2D eigenvalue weighted by Crippen LogP contribution is -2.04. The number of aromatic nitrogens is 2. The van der Waals surface area contributed by atoms with Crippen LogP contribution in [0, 0.1) is 13.8 Å². The molecule has 26 heavy (non-hydrogen) atoms. The molecule has 0 radical (unpaired) electrons. The highest BCUT2D eigenvalue weighted by Gasteiger charge is 2.12. The number of hydrogen-bond acceptors (Lipinski definition) is 7. The number of hydrogen-bond donors (Lipinski definition) is 1. The first-order valence-electron chi connectivity index (χ1n) is 8.03. The predicted molar refractivity (Wildman–Crippen MR) is 107 cm³/mol. The smallest absolute Gasteiger partial charge is 0.210 e. The van der Waals surface area contributed by atoms with Crippen LogP contribution in [0.1, 0.15) is 21.5 Å². The lowest BCUT2D eigenvalue weighted by Gasteiger charge is -2.05. The molecule has 0 amide bonds. The standard InChI is InChI=1S/C19H19N3O2S2/c1-12-4-9-16(13(2)10-12)17(23)11-25-19-22-21-18(26-19)20-14-5-7-15(24-3)8-6-14/h4-10H,11H2,1-3H3,(H,20,21). The Morgan fingerprint density at radius 2 is 1.92 bits per heavy atom. The van der Waals surface area contributed by atoms with Crippen molar-refractivity contribution in [1.29, 1.82) is 0 Å². The summed E-state index contributed by atoms with van der Waals surface area (Å²) < 4.78 is 5.90. The Bertz CT molecular complexity index is 907. The summed E-state index contributed by atoms with van der Waals surface area (Å²) in [6.45, 7) is 3.99. The van der Waals surface area contributed by atoms with Crippen LogP contribution in [0.2, 0.25) is 0 Å². The average Bonchev–Trinajstić information content (AvgIpc) is 3.08. The largest absolute Gasteiger partial charge is 0.497 e. The van der Waals surface area contributed by atoms with E-state index in [2.05, 4.69) is 15.5 Å². The maximum atomic E-state index is 12.4. The summed E-state index contributed by atoms with van der Waals surface area (Å²) in [6.07, 6.45) is 0. The van der Waals surface area contributed by atoms with Gasteiger partial charge in [-0.25, -0.2) is 0 Å². The highest BCUT2D eigenvalue weighted by atomic mass is 32.2. The molecule has 1 aromatic heterocycles. The lowest BCUT2D eigenvalue weighted by atomic mass is 10.0. The van der Waals surface area contributed by atoms with Crippen LogP contribution in [0.3, 0.4) is 0 Å². The SMILES string of the molecule is COc1ccc(Nc2nnc(SCC(=O)c3ccc(C)cc3C)s2)cc1. The Morgan fingerprint density at radius 3 is 2.62 bits per heavy atom. The van der Waals surface area contributed by atoms with Crippen molar-refractivity contribution in [3.63, 3.8) is 0 Å². The molecule has 1 N–H and O–H groups in total. The van der Waals surface area contributed by atoms with Gasteiger partial charge in [-0.3, -0.25) is 4.79 Å². The number of thioether (sulfide) groups is 1. The van der Waals surface area contributed by atoms with Gasteiger partial charge in [0.25, 0.3) is 0 Å². The number of nitrogens with zero attached hydrogens (tertiary/aromatic N) is 2. The molecule has 0 saturated carbocycles. The summed E-state index contributed by atoms with van der Waals surface area (Å²) in [5.74, 6) is 1.25. The molecule has 0 aliphatic heterocycles. The molecule has 0 fully saturated rings. The van der Waals surface area contributed by atoms with Crippen molar-refractivity contribution >= 4 is 39.7 Å². The molecule has 2 aromatic carbocycles. The number of anilines is 2. The van der Waals surface area contributed by atoms with E-state index in [1.165, 1.54) is 23.1 Å². The second kappa shape index (κ2) is 8.33. The second-order valence-corrected chi connectivity index (χ2v) is 7.96. The maximum Gasteiger partial charge on any atom is 0.210 e. The number of ether oxygens (including phenoxy) is 1. The molecule has 3 aromatic rings. The molecule has 0 atom stereocenters. The number of rotatable bonds is 7. The Hall–Kier alpha value is -2.38. The molecule has 3 rings (SSSR count). The van der Waals surface area contributed by atoms with E-state index in [-0.39, 0.29) is 5.78 Å². The topological polar surface area (TPSA) is 64.1 Å². The number of Topliss-reactive ketones (excluding diaryl/α,β-unsaturated/α-hetero) is 1. The van der Waals surface area contributed by atoms with Gasteiger partial charge < -0.3 is 10.1 Å². The fraction of sp³-hybridized carbons (Fsp3) is 0.211. The van der Waals surface area contributed by atoms with Crippen molar-refractivity contribution in [3.05, 3.63) is 59.2 Å². The van der Waals surface area contributed by atoms with Crippen LogP contribution >= 0.6 is 23.1 Å². The molecule has 0 unspecified atom stereocenters. The fourth-order valence-electron chi connectivity index (χ4n) is 2.45. The van der Waals surface area contributed by atoms with Gasteiger partial charge in [0.05, 0.1) is 12.9 Å². The van der Waals surface area contributed by atoms with E-state index < -0.39 is 0 Å². The van der Waals surface area contributed by atoms with Crippen molar-refractivity contribution < 1.29 is 9.53 Å². The quantitative estimate of drug-likeness (QED) is 0.462. The molecule has 0 aliphatic carbocycles. The second-order valence-electron chi connectivity index (χ2n) is 5.76. The number of methoxy groups -OCH3 is 1. The van der Waals surface area contributed by atoms with Gasteiger partial charge in [-0.1, -0.05) is 46.9 Å². The highest BCUT2D eigenvalue weighted by Crippen LogP contribution is 2.29. The molecular formula is C19H19N3O2S2. The van der Waals surface area contributed by atoms with Crippen LogP contribution in [-0.4, -0.2) is 28.8 Å². The summed E-state index contributed by atoms with van der Waals surface area (Å²) in [7, 11) is 1.63. The van der Waals surface area contributed by atoms with Gasteiger partial charge in [-0.05, 0) is 43.7 Å². The highest BCUT2D eigenvalue weighted by molar-refractivity contribution is 8.01. The van der Waals surface area contributed by atoms with Crippen LogP contribution in [0.15, 0.2) is 46.8 Å². The van der Waals surface area contributed by atoms with Crippen LogP contribution in [0.5, 0.6) is 5.75 Å².